The Labute approximate surface area is 121 Å². The second kappa shape index (κ2) is 5.08. The van der Waals surface area contributed by atoms with Crippen LogP contribution in [0, 0.1) is 0 Å². The van der Waals surface area contributed by atoms with Gasteiger partial charge in [-0.15, -0.1) is 11.3 Å². The largest absolute Gasteiger partial charge is 0.398 e. The third-order valence-electron chi connectivity index (χ3n) is 2.37. The van der Waals surface area contributed by atoms with Gasteiger partial charge < -0.3 is 5.73 Å². The van der Waals surface area contributed by atoms with Gasteiger partial charge in [0.15, 0.2) is 9.84 Å². The van der Waals surface area contributed by atoms with E-state index in [1.54, 1.807) is 0 Å². The molecule has 6 nitrogen and oxygen atoms in total. The molecule has 0 saturated heterocycles. The standard InChI is InChI=1S/C11H12N2O4S3/c1-19(14,15)10-4-2-3-9(6-10)13-20(16,17)11-5-8(12)7-18-11/h2-7,13H,12H2,1H3. The van der Waals surface area contributed by atoms with Gasteiger partial charge in [0, 0.05) is 17.3 Å². The number of nitrogens with one attached hydrogen (secondary N) is 1. The summed E-state index contributed by atoms with van der Waals surface area (Å²) in [4.78, 5) is 0.0448. The molecule has 0 aliphatic rings. The van der Waals surface area contributed by atoms with Gasteiger partial charge in [-0.05, 0) is 24.3 Å². The van der Waals surface area contributed by atoms with Gasteiger partial charge >= 0.3 is 0 Å². The normalized spacial score (nSPS) is 12.2. The summed E-state index contributed by atoms with van der Waals surface area (Å²) in [5.41, 5.74) is 6.03. The van der Waals surface area contributed by atoms with Crippen LogP contribution in [0.1, 0.15) is 0 Å². The number of hydrogen-bond donors (Lipinski definition) is 2. The van der Waals surface area contributed by atoms with Crippen molar-refractivity contribution in [3.63, 3.8) is 0 Å². The van der Waals surface area contributed by atoms with Crippen molar-refractivity contribution in [3.05, 3.63) is 35.7 Å². The van der Waals surface area contributed by atoms with Crippen LogP contribution in [0.4, 0.5) is 11.4 Å². The van der Waals surface area contributed by atoms with Crippen molar-refractivity contribution >= 4 is 42.6 Å². The van der Waals surface area contributed by atoms with Crippen LogP contribution in [0.2, 0.25) is 0 Å². The number of hydrogen-bond acceptors (Lipinski definition) is 6. The Kier molecular flexibility index (Phi) is 3.76. The first-order chi connectivity index (χ1) is 9.18. The average Bonchev–Trinajstić information content (AvgIpc) is 2.75. The van der Waals surface area contributed by atoms with Gasteiger partial charge in [0.05, 0.1) is 10.6 Å². The summed E-state index contributed by atoms with van der Waals surface area (Å²) in [6.07, 6.45) is 1.06. The summed E-state index contributed by atoms with van der Waals surface area (Å²) >= 11 is 0.992. The molecule has 1 aromatic carbocycles. The second-order valence-corrected chi connectivity index (χ2v) is 8.94. The highest BCUT2D eigenvalue weighted by Gasteiger charge is 2.17. The number of sulfone groups is 1. The van der Waals surface area contributed by atoms with E-state index in [0.29, 0.717) is 5.69 Å². The predicted octanol–water partition coefficient (Wildman–Crippen LogP) is 1.53. The van der Waals surface area contributed by atoms with Gasteiger partial charge in [0.1, 0.15) is 4.21 Å². The van der Waals surface area contributed by atoms with Gasteiger partial charge in [-0.3, -0.25) is 4.72 Å². The molecule has 2 aromatic rings. The Morgan fingerprint density at radius 2 is 1.85 bits per heavy atom. The van der Waals surface area contributed by atoms with E-state index in [1.165, 1.54) is 35.7 Å². The highest BCUT2D eigenvalue weighted by atomic mass is 32.2. The quantitative estimate of drug-likeness (QED) is 0.883. The minimum absolute atomic E-state index is 0.0448. The SMILES string of the molecule is CS(=O)(=O)c1cccc(NS(=O)(=O)c2cc(N)cs2)c1. The molecule has 0 amide bonds. The molecule has 2 rings (SSSR count). The van der Waals surface area contributed by atoms with E-state index in [-0.39, 0.29) is 14.8 Å². The number of thiophene rings is 1. The predicted molar refractivity (Wildman–Crippen MR) is 79.1 cm³/mol. The van der Waals surface area contributed by atoms with Crippen molar-refractivity contribution < 1.29 is 16.8 Å². The molecule has 20 heavy (non-hydrogen) atoms. The Morgan fingerprint density at radius 1 is 1.15 bits per heavy atom. The zero-order chi connectivity index (χ0) is 15.0. The van der Waals surface area contributed by atoms with Gasteiger partial charge in [0.2, 0.25) is 0 Å². The van der Waals surface area contributed by atoms with E-state index in [0.717, 1.165) is 17.6 Å². The highest BCUT2D eigenvalue weighted by Crippen LogP contribution is 2.25. The molecule has 0 spiro atoms. The van der Waals surface area contributed by atoms with Crippen LogP contribution < -0.4 is 10.5 Å². The maximum Gasteiger partial charge on any atom is 0.271 e. The number of anilines is 2. The van der Waals surface area contributed by atoms with Crippen LogP contribution in [0.15, 0.2) is 44.8 Å². The van der Waals surface area contributed by atoms with Crippen LogP contribution in [-0.2, 0) is 19.9 Å². The minimum Gasteiger partial charge on any atom is -0.398 e. The summed E-state index contributed by atoms with van der Waals surface area (Å²) in [5, 5.41) is 1.52. The zero-order valence-electron chi connectivity index (χ0n) is 10.4. The number of rotatable bonds is 4. The molecule has 0 unspecified atom stereocenters. The van der Waals surface area contributed by atoms with E-state index in [1.807, 2.05) is 0 Å². The lowest BCUT2D eigenvalue weighted by Gasteiger charge is -2.07. The highest BCUT2D eigenvalue weighted by molar-refractivity contribution is 7.94. The first-order valence-corrected chi connectivity index (χ1v) is 9.61. The van der Waals surface area contributed by atoms with Crippen molar-refractivity contribution in [1.82, 2.24) is 0 Å². The Bertz CT molecular complexity index is 838. The van der Waals surface area contributed by atoms with Crippen molar-refractivity contribution in [3.8, 4) is 0 Å². The van der Waals surface area contributed by atoms with Crippen molar-refractivity contribution in [2.24, 2.45) is 0 Å². The van der Waals surface area contributed by atoms with Crippen LogP contribution in [-0.4, -0.2) is 23.1 Å². The molecule has 0 aliphatic heterocycles. The fourth-order valence-corrected chi connectivity index (χ4v) is 4.26. The Morgan fingerprint density at radius 3 is 2.40 bits per heavy atom. The third-order valence-corrected chi connectivity index (χ3v) is 6.32. The monoisotopic (exact) mass is 332 g/mol. The molecule has 0 atom stereocenters. The van der Waals surface area contributed by atoms with E-state index < -0.39 is 19.9 Å². The van der Waals surface area contributed by atoms with Crippen LogP contribution in [0.5, 0.6) is 0 Å². The third kappa shape index (κ3) is 3.30. The molecule has 108 valence electrons. The lowest BCUT2D eigenvalue weighted by atomic mass is 10.3. The molecule has 3 N–H and O–H groups in total. The van der Waals surface area contributed by atoms with Crippen LogP contribution in [0.3, 0.4) is 0 Å². The fraction of sp³-hybridized carbons (Fsp3) is 0.0909. The molecule has 0 radical (unpaired) electrons. The van der Waals surface area contributed by atoms with Gasteiger partial charge in [-0.25, -0.2) is 16.8 Å². The number of nitrogen functional groups attached to an aromatic ring is 1. The maximum absolute atomic E-state index is 12.1. The molecule has 1 heterocycles. The molecule has 1 aromatic heterocycles. The van der Waals surface area contributed by atoms with Gasteiger partial charge in [-0.1, -0.05) is 6.07 Å². The van der Waals surface area contributed by atoms with E-state index in [9.17, 15) is 16.8 Å². The Balaban J connectivity index is 2.35. The fourth-order valence-electron chi connectivity index (χ4n) is 1.47. The molecule has 0 aliphatic carbocycles. The number of sulfonamides is 1. The van der Waals surface area contributed by atoms with E-state index >= 15 is 0 Å². The summed E-state index contributed by atoms with van der Waals surface area (Å²) in [7, 11) is -7.15. The molecule has 0 fully saturated rings. The number of nitrogens with two attached hydrogens (primary N) is 1. The van der Waals surface area contributed by atoms with Gasteiger partial charge in [-0.2, -0.15) is 0 Å². The van der Waals surface area contributed by atoms with Gasteiger partial charge in [0.25, 0.3) is 10.0 Å². The zero-order valence-corrected chi connectivity index (χ0v) is 12.8. The lowest BCUT2D eigenvalue weighted by molar-refractivity contribution is 0.600. The summed E-state index contributed by atoms with van der Waals surface area (Å²) in [6.45, 7) is 0. The lowest BCUT2D eigenvalue weighted by Crippen LogP contribution is -2.12. The smallest absolute Gasteiger partial charge is 0.271 e. The van der Waals surface area contributed by atoms with Crippen molar-refractivity contribution in [1.29, 1.82) is 0 Å². The average molecular weight is 332 g/mol. The first-order valence-electron chi connectivity index (χ1n) is 5.35. The Hall–Kier alpha value is -1.58. The molecule has 0 bridgehead atoms. The molecular weight excluding hydrogens is 320 g/mol. The topological polar surface area (TPSA) is 106 Å². The van der Waals surface area contributed by atoms with E-state index in [4.69, 9.17) is 5.73 Å². The molecule has 0 saturated carbocycles. The second-order valence-electron chi connectivity index (χ2n) is 4.10. The maximum atomic E-state index is 12.1. The molecule has 9 heteroatoms. The molecular formula is C11H12N2O4S3. The van der Waals surface area contributed by atoms with Crippen LogP contribution in [0.25, 0.3) is 0 Å². The van der Waals surface area contributed by atoms with Crippen molar-refractivity contribution in [2.45, 2.75) is 9.10 Å². The summed E-state index contributed by atoms with van der Waals surface area (Å²) < 4.78 is 49.4. The first kappa shape index (κ1) is 14.8. The van der Waals surface area contributed by atoms with Crippen molar-refractivity contribution in [2.75, 3.05) is 16.7 Å². The van der Waals surface area contributed by atoms with Crippen LogP contribution >= 0.6 is 11.3 Å². The summed E-state index contributed by atoms with van der Waals surface area (Å²) in [5.74, 6) is 0. The minimum atomic E-state index is -3.76. The summed E-state index contributed by atoms with van der Waals surface area (Å²) in [6, 6.07) is 6.95. The number of benzene rings is 1. The van der Waals surface area contributed by atoms with E-state index in [2.05, 4.69) is 4.72 Å².